The van der Waals surface area contributed by atoms with Crippen LogP contribution in [0.5, 0.6) is 0 Å². The van der Waals surface area contributed by atoms with E-state index in [2.05, 4.69) is 17.4 Å². The topological polar surface area (TPSA) is 89.8 Å². The van der Waals surface area contributed by atoms with Gasteiger partial charge in [-0.25, -0.2) is 0 Å². The normalized spacial score (nSPS) is 24.1. The van der Waals surface area contributed by atoms with E-state index in [0.717, 1.165) is 35.4 Å². The van der Waals surface area contributed by atoms with Gasteiger partial charge in [0.15, 0.2) is 0 Å². The highest BCUT2D eigenvalue weighted by molar-refractivity contribution is 7.14. The molecule has 0 saturated heterocycles. The number of benzene rings is 1. The molecule has 1 fully saturated rings. The molecule has 6 heteroatoms. The number of hydrogen-bond acceptors (Lipinski definition) is 5. The Bertz CT molecular complexity index is 866. The van der Waals surface area contributed by atoms with Crippen molar-refractivity contribution in [1.82, 2.24) is 5.32 Å². The van der Waals surface area contributed by atoms with Crippen molar-refractivity contribution in [3.05, 3.63) is 69.9 Å². The number of aliphatic hydroxyl groups excluding tert-OH is 3. The first-order valence-corrected chi connectivity index (χ1v) is 12.4. The molecule has 1 saturated carbocycles. The molecular weight excluding hydrogens is 422 g/mol. The van der Waals surface area contributed by atoms with Gasteiger partial charge in [-0.2, -0.15) is 0 Å². The van der Waals surface area contributed by atoms with Crippen LogP contribution in [0.3, 0.4) is 0 Å². The first-order chi connectivity index (χ1) is 15.5. The fourth-order valence-electron chi connectivity index (χ4n) is 4.48. The Balaban J connectivity index is 1.49. The van der Waals surface area contributed by atoms with Crippen LogP contribution in [-0.4, -0.2) is 46.1 Å². The van der Waals surface area contributed by atoms with E-state index in [9.17, 15) is 20.1 Å². The zero-order chi connectivity index (χ0) is 22.9. The van der Waals surface area contributed by atoms with Crippen molar-refractivity contribution in [1.29, 1.82) is 0 Å². The molecule has 0 bridgehead atoms. The van der Waals surface area contributed by atoms with Crippen molar-refractivity contribution < 1.29 is 20.1 Å². The molecule has 0 spiro atoms. The van der Waals surface area contributed by atoms with Gasteiger partial charge in [-0.15, -0.1) is 11.3 Å². The summed E-state index contributed by atoms with van der Waals surface area (Å²) in [5, 5.41) is 34.1. The third-order valence-electron chi connectivity index (χ3n) is 6.23. The Morgan fingerprint density at radius 2 is 1.94 bits per heavy atom. The number of rotatable bonds is 11. The molecule has 5 atom stereocenters. The van der Waals surface area contributed by atoms with Crippen LogP contribution < -0.4 is 5.32 Å². The van der Waals surface area contributed by atoms with Crippen LogP contribution in [0.25, 0.3) is 0 Å². The van der Waals surface area contributed by atoms with Gasteiger partial charge in [0.1, 0.15) is 0 Å². The van der Waals surface area contributed by atoms with Crippen LogP contribution in [0.4, 0.5) is 0 Å². The average molecular weight is 458 g/mol. The van der Waals surface area contributed by atoms with E-state index in [1.54, 1.807) is 6.08 Å². The molecule has 5 nitrogen and oxygen atoms in total. The maximum Gasteiger partial charge on any atom is 0.261 e. The molecule has 0 radical (unpaired) electrons. The Labute approximate surface area is 194 Å². The summed E-state index contributed by atoms with van der Waals surface area (Å²) >= 11 is 1.51. The number of amides is 1. The standard InChI is InChI=1S/C26H35NO4S/c1-2-27-26(31)25-16-14-20(32-25)9-6-10-21-22(24(30)17-23(21)29)15-13-19(28)12-11-18-7-4-3-5-8-18/h3-5,7-8,13-16,19,21-24,28-30H,2,6,9-12,17H2,1H3,(H,27,31)/t19-,21+,22+,23-,24+/m0/s1. The highest BCUT2D eigenvalue weighted by Gasteiger charge is 2.39. The van der Waals surface area contributed by atoms with Gasteiger partial charge in [-0.3, -0.25) is 4.79 Å². The SMILES string of the molecule is CCNC(=O)c1ccc(CCC[C@@H]2[C@@H](C=C[C@@H](O)CCc3ccccc3)[C@H](O)C[C@@H]2O)s1. The molecular formula is C26H35NO4S. The van der Waals surface area contributed by atoms with Crippen molar-refractivity contribution >= 4 is 17.2 Å². The third-order valence-corrected chi connectivity index (χ3v) is 7.37. The molecule has 4 N–H and O–H groups in total. The zero-order valence-electron chi connectivity index (χ0n) is 18.7. The summed E-state index contributed by atoms with van der Waals surface area (Å²) in [5.41, 5.74) is 1.19. The van der Waals surface area contributed by atoms with Crippen LogP contribution >= 0.6 is 11.3 Å². The fourth-order valence-corrected chi connectivity index (χ4v) is 5.45. The van der Waals surface area contributed by atoms with Gasteiger partial charge in [0, 0.05) is 23.8 Å². The molecule has 1 aromatic carbocycles. The number of thiophene rings is 1. The Kier molecular flexibility index (Phi) is 9.48. The summed E-state index contributed by atoms with van der Waals surface area (Å²) in [7, 11) is 0. The van der Waals surface area contributed by atoms with E-state index in [1.165, 1.54) is 16.9 Å². The summed E-state index contributed by atoms with van der Waals surface area (Å²) in [4.78, 5) is 13.8. The molecule has 174 valence electrons. The molecule has 0 aliphatic heterocycles. The van der Waals surface area contributed by atoms with E-state index in [1.807, 2.05) is 43.3 Å². The van der Waals surface area contributed by atoms with Gasteiger partial charge in [-0.05, 0) is 62.6 Å². The summed E-state index contributed by atoms with van der Waals surface area (Å²) < 4.78 is 0. The maximum absolute atomic E-state index is 11.9. The molecule has 1 aliphatic rings. The summed E-state index contributed by atoms with van der Waals surface area (Å²) in [5.74, 6) is -0.204. The molecule has 0 unspecified atom stereocenters. The smallest absolute Gasteiger partial charge is 0.261 e. The highest BCUT2D eigenvalue weighted by Crippen LogP contribution is 2.37. The second-order valence-corrected chi connectivity index (χ2v) is 9.77. The molecule has 1 aromatic heterocycles. The summed E-state index contributed by atoms with van der Waals surface area (Å²) in [6.07, 6.45) is 6.31. The third kappa shape index (κ3) is 7.01. The lowest BCUT2D eigenvalue weighted by molar-refractivity contribution is 0.0959. The summed E-state index contributed by atoms with van der Waals surface area (Å²) in [6.45, 7) is 2.52. The minimum absolute atomic E-state index is 0.0228. The van der Waals surface area contributed by atoms with E-state index < -0.39 is 18.3 Å². The summed E-state index contributed by atoms with van der Waals surface area (Å²) in [6, 6.07) is 13.9. The molecule has 2 aromatic rings. The largest absolute Gasteiger partial charge is 0.393 e. The van der Waals surface area contributed by atoms with Crippen LogP contribution in [0.1, 0.15) is 52.7 Å². The monoisotopic (exact) mass is 457 g/mol. The lowest BCUT2D eigenvalue weighted by Crippen LogP contribution is -2.21. The second-order valence-electron chi connectivity index (χ2n) is 8.61. The number of aliphatic hydroxyl groups is 3. The molecule has 32 heavy (non-hydrogen) atoms. The first kappa shape index (κ1) is 24.6. The highest BCUT2D eigenvalue weighted by atomic mass is 32.1. The van der Waals surface area contributed by atoms with E-state index in [0.29, 0.717) is 19.4 Å². The van der Waals surface area contributed by atoms with E-state index in [-0.39, 0.29) is 17.7 Å². The number of nitrogens with one attached hydrogen (secondary N) is 1. The van der Waals surface area contributed by atoms with Gasteiger partial charge >= 0.3 is 0 Å². The van der Waals surface area contributed by atoms with Crippen molar-refractivity contribution in [3.8, 4) is 0 Å². The van der Waals surface area contributed by atoms with Crippen LogP contribution in [0, 0.1) is 11.8 Å². The zero-order valence-corrected chi connectivity index (χ0v) is 19.5. The minimum Gasteiger partial charge on any atom is -0.393 e. The van der Waals surface area contributed by atoms with Gasteiger partial charge < -0.3 is 20.6 Å². The van der Waals surface area contributed by atoms with Gasteiger partial charge in [-0.1, -0.05) is 42.5 Å². The Hall–Kier alpha value is -1.99. The average Bonchev–Trinajstić information content (AvgIpc) is 3.36. The predicted molar refractivity (Wildman–Crippen MR) is 129 cm³/mol. The van der Waals surface area contributed by atoms with Crippen molar-refractivity contribution in [2.45, 2.75) is 63.8 Å². The van der Waals surface area contributed by atoms with Crippen LogP contribution in [0.2, 0.25) is 0 Å². The Morgan fingerprint density at radius 1 is 1.16 bits per heavy atom. The number of aryl methyl sites for hydroxylation is 2. The quantitative estimate of drug-likeness (QED) is 0.387. The molecule has 1 heterocycles. The lowest BCUT2D eigenvalue weighted by atomic mass is 9.88. The maximum atomic E-state index is 11.9. The Morgan fingerprint density at radius 3 is 2.69 bits per heavy atom. The van der Waals surface area contributed by atoms with Gasteiger partial charge in [0.2, 0.25) is 0 Å². The van der Waals surface area contributed by atoms with E-state index >= 15 is 0 Å². The van der Waals surface area contributed by atoms with Crippen molar-refractivity contribution in [2.75, 3.05) is 6.54 Å². The predicted octanol–water partition coefficient (Wildman–Crippen LogP) is 3.73. The lowest BCUT2D eigenvalue weighted by Gasteiger charge is -2.21. The van der Waals surface area contributed by atoms with Gasteiger partial charge in [0.05, 0.1) is 23.2 Å². The first-order valence-electron chi connectivity index (χ1n) is 11.6. The number of carbonyl (C=O) groups is 1. The molecule has 1 amide bonds. The van der Waals surface area contributed by atoms with Crippen LogP contribution in [-0.2, 0) is 12.8 Å². The van der Waals surface area contributed by atoms with Crippen molar-refractivity contribution in [2.24, 2.45) is 11.8 Å². The van der Waals surface area contributed by atoms with Crippen molar-refractivity contribution in [3.63, 3.8) is 0 Å². The van der Waals surface area contributed by atoms with Crippen LogP contribution in [0.15, 0.2) is 54.6 Å². The fraction of sp³-hybridized carbons (Fsp3) is 0.500. The molecule has 3 rings (SSSR count). The van der Waals surface area contributed by atoms with E-state index in [4.69, 9.17) is 0 Å². The molecule has 1 aliphatic carbocycles. The second kappa shape index (κ2) is 12.3. The van der Waals surface area contributed by atoms with Gasteiger partial charge in [0.25, 0.3) is 5.91 Å². The number of carbonyl (C=O) groups excluding carboxylic acids is 1. The number of hydrogen-bond donors (Lipinski definition) is 4. The minimum atomic E-state index is -0.585.